The highest BCUT2D eigenvalue weighted by molar-refractivity contribution is 7.89. The van der Waals surface area contributed by atoms with Crippen LogP contribution in [-0.2, 0) is 29.6 Å². The summed E-state index contributed by atoms with van der Waals surface area (Å²) in [4.78, 5) is 32.8. The molecule has 0 unspecified atom stereocenters. The van der Waals surface area contributed by atoms with Crippen LogP contribution in [0.5, 0.6) is 0 Å². The van der Waals surface area contributed by atoms with Gasteiger partial charge in [-0.3, -0.25) is 9.59 Å². The Hall–Kier alpha value is -3.54. The molecule has 2 aromatic heterocycles. The average Bonchev–Trinajstić information content (AvgIpc) is 3.69. The highest BCUT2D eigenvalue weighted by atomic mass is 32.2. The van der Waals surface area contributed by atoms with Crippen LogP contribution < -0.4 is 10.6 Å². The van der Waals surface area contributed by atoms with Crippen LogP contribution in [0.15, 0.2) is 69.1 Å². The van der Waals surface area contributed by atoms with E-state index in [0.29, 0.717) is 42.1 Å². The van der Waals surface area contributed by atoms with E-state index in [4.69, 9.17) is 0 Å². The molecule has 2 N–H and O–H groups in total. The second-order valence-electron chi connectivity index (χ2n) is 11.7. The standard InChI is InChI=1S/C17H21N3O3S2.C17H23N3O3S2.2H2/c1-3-20(4-2)25(22,23)14-9-7-12(8-10-14)15-11-24-17(18-15)19-16(21)13-5-6-13;1-5-20(6-2)25(22,23)14-9-7-13(8-10-14)15-11-24-17(18-15)19-16(21)12(3)4;;/h7-11,13H,3-6H2,1-2H3,(H,18,19,21);7-12H,5-6H2,1-4H3,(H,18,19,21);2*1H. The van der Waals surface area contributed by atoms with Gasteiger partial charge < -0.3 is 10.6 Å². The number of thiazole rings is 2. The van der Waals surface area contributed by atoms with Crippen molar-refractivity contribution in [3.05, 3.63) is 59.3 Å². The molecule has 4 aromatic rings. The smallest absolute Gasteiger partial charge is 0.243 e. The van der Waals surface area contributed by atoms with Crippen LogP contribution in [0.25, 0.3) is 22.5 Å². The van der Waals surface area contributed by atoms with Gasteiger partial charge in [-0.15, -0.1) is 22.7 Å². The third-order valence-corrected chi connectivity index (χ3v) is 13.6. The van der Waals surface area contributed by atoms with Gasteiger partial charge in [0, 0.05) is 62.8 Å². The Labute approximate surface area is 306 Å². The average molecular weight is 765 g/mol. The molecule has 1 saturated carbocycles. The van der Waals surface area contributed by atoms with Crippen molar-refractivity contribution in [1.82, 2.24) is 18.6 Å². The summed E-state index contributed by atoms with van der Waals surface area (Å²) in [6.07, 6.45) is 1.90. The Kier molecular flexibility index (Phi) is 13.4. The summed E-state index contributed by atoms with van der Waals surface area (Å²) >= 11 is 2.71. The molecule has 2 aromatic carbocycles. The normalized spacial score (nSPS) is 13.3. The zero-order chi connectivity index (χ0) is 36.6. The first-order valence-electron chi connectivity index (χ1n) is 16.5. The number of amides is 2. The number of rotatable bonds is 14. The highest BCUT2D eigenvalue weighted by Gasteiger charge is 2.30. The Balaban J connectivity index is 0.000000347. The number of carbonyl (C=O) groups excluding carboxylic acids is 2. The molecular formula is C34H48N6O6S4. The van der Waals surface area contributed by atoms with Crippen LogP contribution in [0, 0.1) is 11.8 Å². The van der Waals surface area contributed by atoms with E-state index in [0.717, 1.165) is 29.7 Å². The van der Waals surface area contributed by atoms with E-state index >= 15 is 0 Å². The number of aromatic nitrogens is 2. The van der Waals surface area contributed by atoms with E-state index in [1.807, 2.05) is 52.3 Å². The maximum atomic E-state index is 12.5. The molecule has 16 heteroatoms. The second kappa shape index (κ2) is 17.1. The van der Waals surface area contributed by atoms with Gasteiger partial charge in [-0.1, -0.05) is 65.8 Å². The van der Waals surface area contributed by atoms with E-state index in [1.54, 1.807) is 48.5 Å². The molecule has 1 aliphatic rings. The second-order valence-corrected chi connectivity index (χ2v) is 17.3. The lowest BCUT2D eigenvalue weighted by Gasteiger charge is -2.18. The number of hydrogen-bond acceptors (Lipinski definition) is 10. The molecule has 0 saturated heterocycles. The third kappa shape index (κ3) is 9.61. The third-order valence-electron chi connectivity index (χ3n) is 7.93. The largest absolute Gasteiger partial charge is 0.302 e. The summed E-state index contributed by atoms with van der Waals surface area (Å²) in [5, 5.41) is 10.4. The van der Waals surface area contributed by atoms with E-state index in [9.17, 15) is 26.4 Å². The number of anilines is 2. The predicted molar refractivity (Wildman–Crippen MR) is 204 cm³/mol. The molecule has 12 nitrogen and oxygen atoms in total. The van der Waals surface area contributed by atoms with Crippen LogP contribution in [0.3, 0.4) is 0 Å². The summed E-state index contributed by atoms with van der Waals surface area (Å²) in [6, 6.07) is 13.4. The highest BCUT2D eigenvalue weighted by Crippen LogP contribution is 2.32. The van der Waals surface area contributed by atoms with E-state index in [2.05, 4.69) is 20.6 Å². The molecule has 274 valence electrons. The van der Waals surface area contributed by atoms with Crippen molar-refractivity contribution < 1.29 is 29.3 Å². The maximum absolute atomic E-state index is 12.5. The molecule has 5 rings (SSSR count). The Morgan fingerprint density at radius 3 is 1.44 bits per heavy atom. The first-order chi connectivity index (χ1) is 23.7. The van der Waals surface area contributed by atoms with E-state index < -0.39 is 20.0 Å². The van der Waals surface area contributed by atoms with Gasteiger partial charge in [0.25, 0.3) is 0 Å². The minimum atomic E-state index is -3.46. The fourth-order valence-corrected chi connectivity index (χ4v) is 9.11. The van der Waals surface area contributed by atoms with Crippen LogP contribution in [0.4, 0.5) is 10.3 Å². The fourth-order valence-electron chi connectivity index (χ4n) is 4.75. The van der Waals surface area contributed by atoms with Gasteiger partial charge in [-0.25, -0.2) is 26.8 Å². The first kappa shape index (κ1) is 39.2. The fraction of sp³-hybridized carbons (Fsp3) is 0.412. The van der Waals surface area contributed by atoms with Gasteiger partial charge in [-0.2, -0.15) is 8.61 Å². The molecule has 0 radical (unpaired) electrons. The molecule has 1 fully saturated rings. The molecule has 2 amide bonds. The lowest BCUT2D eigenvalue weighted by atomic mass is 10.2. The SMILES string of the molecule is CCN(CC)S(=O)(=O)c1ccc(-c2csc(NC(=O)C(C)C)n2)cc1.CCN(CC)S(=O)(=O)c1ccc(-c2csc(NC(=O)C3CC3)n2)cc1.[HH].[HH]. The number of sulfonamides is 2. The van der Waals surface area contributed by atoms with Crippen molar-refractivity contribution in [1.29, 1.82) is 0 Å². The number of hydrogen-bond donors (Lipinski definition) is 2. The topological polar surface area (TPSA) is 159 Å². The van der Waals surface area contributed by atoms with Crippen molar-refractivity contribution in [2.75, 3.05) is 36.8 Å². The summed E-state index contributed by atoms with van der Waals surface area (Å²) in [5.41, 5.74) is 3.06. The zero-order valence-corrected chi connectivity index (χ0v) is 32.3. The van der Waals surface area contributed by atoms with E-state index in [-0.39, 0.29) is 36.3 Å². The van der Waals surface area contributed by atoms with Crippen LogP contribution in [0.1, 0.15) is 57.2 Å². The Bertz CT molecular complexity index is 1840. The molecule has 0 atom stereocenters. The van der Waals surface area contributed by atoms with Crippen LogP contribution >= 0.6 is 22.7 Å². The lowest BCUT2D eigenvalue weighted by molar-refractivity contribution is -0.119. The minimum absolute atomic E-state index is 0. The summed E-state index contributed by atoms with van der Waals surface area (Å²) in [5.74, 6) is -0.0306. The van der Waals surface area contributed by atoms with Gasteiger partial charge in [0.05, 0.1) is 21.2 Å². The van der Waals surface area contributed by atoms with Gasteiger partial charge in [0.1, 0.15) is 0 Å². The number of carbonyl (C=O) groups is 2. The molecule has 0 bridgehead atoms. The number of nitrogens with one attached hydrogen (secondary N) is 2. The molecule has 0 spiro atoms. The quantitative estimate of drug-likeness (QED) is 0.137. The van der Waals surface area contributed by atoms with Crippen molar-refractivity contribution in [3.63, 3.8) is 0 Å². The van der Waals surface area contributed by atoms with Crippen molar-refractivity contribution in [3.8, 4) is 22.5 Å². The Morgan fingerprint density at radius 2 is 1.10 bits per heavy atom. The minimum Gasteiger partial charge on any atom is -0.302 e. The monoisotopic (exact) mass is 764 g/mol. The van der Waals surface area contributed by atoms with Gasteiger partial charge >= 0.3 is 0 Å². The van der Waals surface area contributed by atoms with Crippen LogP contribution in [0.2, 0.25) is 0 Å². The first-order valence-corrected chi connectivity index (χ1v) is 21.1. The molecular weight excluding hydrogens is 717 g/mol. The molecule has 2 heterocycles. The summed E-state index contributed by atoms with van der Waals surface area (Å²) < 4.78 is 52.8. The number of benzene rings is 2. The molecule has 1 aliphatic carbocycles. The van der Waals surface area contributed by atoms with E-state index in [1.165, 1.54) is 31.3 Å². The summed E-state index contributed by atoms with van der Waals surface area (Å²) in [6.45, 7) is 12.7. The molecule has 0 aliphatic heterocycles. The van der Waals surface area contributed by atoms with Gasteiger partial charge in [0.2, 0.25) is 31.9 Å². The van der Waals surface area contributed by atoms with Crippen molar-refractivity contribution >= 4 is 64.8 Å². The van der Waals surface area contributed by atoms with Gasteiger partial charge in [0.15, 0.2) is 10.3 Å². The lowest BCUT2D eigenvalue weighted by Crippen LogP contribution is -2.30. The Morgan fingerprint density at radius 1 is 0.720 bits per heavy atom. The van der Waals surface area contributed by atoms with Crippen molar-refractivity contribution in [2.45, 2.75) is 64.2 Å². The van der Waals surface area contributed by atoms with Gasteiger partial charge in [-0.05, 0) is 37.1 Å². The van der Waals surface area contributed by atoms with Crippen LogP contribution in [-0.4, -0.2) is 73.4 Å². The van der Waals surface area contributed by atoms with Crippen molar-refractivity contribution in [2.24, 2.45) is 11.8 Å². The number of nitrogens with zero attached hydrogens (tertiary/aromatic N) is 4. The molecule has 50 heavy (non-hydrogen) atoms. The zero-order valence-electron chi connectivity index (χ0n) is 29.0. The summed E-state index contributed by atoms with van der Waals surface area (Å²) in [7, 11) is -6.92. The predicted octanol–water partition coefficient (Wildman–Crippen LogP) is 7.12. The maximum Gasteiger partial charge on any atom is 0.243 e.